The highest BCUT2D eigenvalue weighted by molar-refractivity contribution is 6.31. The van der Waals surface area contributed by atoms with Gasteiger partial charge in [0.05, 0.1) is 0 Å². The third-order valence-corrected chi connectivity index (χ3v) is 2.69. The number of H-pyrrole nitrogens is 1. The Morgan fingerprint density at radius 3 is 2.73 bits per heavy atom. The zero-order valence-corrected chi connectivity index (χ0v) is 8.99. The number of aromatic amines is 1. The maximum Gasteiger partial charge on any atom is 0.146 e. The van der Waals surface area contributed by atoms with Crippen molar-refractivity contribution in [3.8, 4) is 0 Å². The van der Waals surface area contributed by atoms with Gasteiger partial charge in [-0.15, -0.1) is 0 Å². The molecule has 1 atom stereocenters. The second-order valence-corrected chi connectivity index (χ2v) is 3.90. The SMILES string of the molecule is CC(O)(c1ncc[nH]1)c1ccccc1Cl. The summed E-state index contributed by atoms with van der Waals surface area (Å²) in [6.45, 7) is 1.66. The fourth-order valence-corrected chi connectivity index (χ4v) is 1.83. The summed E-state index contributed by atoms with van der Waals surface area (Å²) >= 11 is 6.02. The standard InChI is InChI=1S/C11H11ClN2O/c1-11(15,10-13-6-7-14-10)8-4-2-3-5-9(8)12/h2-7,15H,1H3,(H,13,14). The molecule has 0 bridgehead atoms. The predicted molar refractivity (Wildman–Crippen MR) is 58.7 cm³/mol. The van der Waals surface area contributed by atoms with Gasteiger partial charge in [0.25, 0.3) is 0 Å². The number of aliphatic hydroxyl groups is 1. The van der Waals surface area contributed by atoms with Gasteiger partial charge in [-0.1, -0.05) is 29.8 Å². The molecule has 2 rings (SSSR count). The summed E-state index contributed by atoms with van der Waals surface area (Å²) in [7, 11) is 0. The first-order chi connectivity index (χ1) is 7.12. The molecule has 0 aliphatic heterocycles. The lowest BCUT2D eigenvalue weighted by atomic mass is 9.95. The first-order valence-corrected chi connectivity index (χ1v) is 4.97. The minimum Gasteiger partial charge on any atom is -0.377 e. The summed E-state index contributed by atoms with van der Waals surface area (Å²) in [6.07, 6.45) is 3.27. The maximum atomic E-state index is 10.3. The number of hydrogen-bond acceptors (Lipinski definition) is 2. The summed E-state index contributed by atoms with van der Waals surface area (Å²) in [6, 6.07) is 7.18. The van der Waals surface area contributed by atoms with Gasteiger partial charge in [-0.2, -0.15) is 0 Å². The first kappa shape index (κ1) is 10.2. The normalized spacial score (nSPS) is 14.9. The van der Waals surface area contributed by atoms with Crippen LogP contribution in [0.1, 0.15) is 18.3 Å². The molecule has 2 aromatic rings. The van der Waals surface area contributed by atoms with Crippen LogP contribution in [0.5, 0.6) is 0 Å². The van der Waals surface area contributed by atoms with Gasteiger partial charge in [0.2, 0.25) is 0 Å². The lowest BCUT2D eigenvalue weighted by Crippen LogP contribution is -2.24. The van der Waals surface area contributed by atoms with Crippen molar-refractivity contribution in [2.45, 2.75) is 12.5 Å². The second-order valence-electron chi connectivity index (χ2n) is 3.49. The fourth-order valence-electron chi connectivity index (χ4n) is 1.52. The van der Waals surface area contributed by atoms with Crippen LogP contribution in [-0.2, 0) is 5.60 Å². The average molecular weight is 223 g/mol. The van der Waals surface area contributed by atoms with Gasteiger partial charge in [0, 0.05) is 23.0 Å². The zero-order chi connectivity index (χ0) is 10.9. The van der Waals surface area contributed by atoms with Crippen LogP contribution in [0.3, 0.4) is 0 Å². The molecule has 2 N–H and O–H groups in total. The number of rotatable bonds is 2. The summed E-state index contributed by atoms with van der Waals surface area (Å²) in [4.78, 5) is 6.92. The molecule has 0 aliphatic carbocycles. The van der Waals surface area contributed by atoms with Crippen LogP contribution in [0, 0.1) is 0 Å². The van der Waals surface area contributed by atoms with E-state index in [9.17, 15) is 5.11 Å². The summed E-state index contributed by atoms with van der Waals surface area (Å²) in [5.74, 6) is 0.482. The van der Waals surface area contributed by atoms with Crippen molar-refractivity contribution in [3.05, 3.63) is 53.1 Å². The highest BCUT2D eigenvalue weighted by atomic mass is 35.5. The van der Waals surface area contributed by atoms with Crippen molar-refractivity contribution in [2.75, 3.05) is 0 Å². The zero-order valence-electron chi connectivity index (χ0n) is 8.24. The third kappa shape index (κ3) is 1.76. The largest absolute Gasteiger partial charge is 0.377 e. The van der Waals surface area contributed by atoms with E-state index < -0.39 is 5.60 Å². The third-order valence-electron chi connectivity index (χ3n) is 2.36. The van der Waals surface area contributed by atoms with E-state index in [1.165, 1.54) is 0 Å². The molecular weight excluding hydrogens is 212 g/mol. The Hall–Kier alpha value is -1.32. The molecule has 1 aromatic heterocycles. The van der Waals surface area contributed by atoms with Crippen LogP contribution in [-0.4, -0.2) is 15.1 Å². The van der Waals surface area contributed by atoms with Crippen LogP contribution >= 0.6 is 11.6 Å². The van der Waals surface area contributed by atoms with Gasteiger partial charge < -0.3 is 10.1 Å². The number of imidazole rings is 1. The van der Waals surface area contributed by atoms with Gasteiger partial charge >= 0.3 is 0 Å². The van der Waals surface area contributed by atoms with Gasteiger partial charge in [-0.25, -0.2) is 4.98 Å². The number of hydrogen-bond donors (Lipinski definition) is 2. The number of benzene rings is 1. The Kier molecular flexibility index (Phi) is 2.50. The number of aromatic nitrogens is 2. The van der Waals surface area contributed by atoms with Crippen molar-refractivity contribution in [1.29, 1.82) is 0 Å². The van der Waals surface area contributed by atoms with E-state index in [1.54, 1.807) is 31.5 Å². The highest BCUT2D eigenvalue weighted by Crippen LogP contribution is 2.31. The molecule has 1 unspecified atom stereocenters. The Morgan fingerprint density at radius 2 is 2.13 bits per heavy atom. The lowest BCUT2D eigenvalue weighted by molar-refractivity contribution is 0.0933. The van der Waals surface area contributed by atoms with E-state index >= 15 is 0 Å². The molecule has 0 aliphatic rings. The maximum absolute atomic E-state index is 10.3. The molecule has 0 saturated heterocycles. The molecule has 0 saturated carbocycles. The minimum absolute atomic E-state index is 0.482. The molecule has 3 nitrogen and oxygen atoms in total. The Labute approximate surface area is 92.7 Å². The molecule has 78 valence electrons. The molecule has 1 heterocycles. The Morgan fingerprint density at radius 1 is 1.40 bits per heavy atom. The average Bonchev–Trinajstić information content (AvgIpc) is 2.71. The van der Waals surface area contributed by atoms with Gasteiger partial charge in [-0.3, -0.25) is 0 Å². The summed E-state index contributed by atoms with van der Waals surface area (Å²) in [5.41, 5.74) is -0.552. The van der Waals surface area contributed by atoms with Crippen molar-refractivity contribution < 1.29 is 5.11 Å². The van der Waals surface area contributed by atoms with E-state index in [2.05, 4.69) is 9.97 Å². The quantitative estimate of drug-likeness (QED) is 0.819. The van der Waals surface area contributed by atoms with Crippen LogP contribution in [0.25, 0.3) is 0 Å². The molecule has 15 heavy (non-hydrogen) atoms. The Bertz CT molecular complexity index is 451. The molecule has 4 heteroatoms. The topological polar surface area (TPSA) is 48.9 Å². The van der Waals surface area contributed by atoms with E-state index in [4.69, 9.17) is 11.6 Å². The second kappa shape index (κ2) is 3.68. The number of nitrogens with zero attached hydrogens (tertiary/aromatic N) is 1. The van der Waals surface area contributed by atoms with Crippen molar-refractivity contribution >= 4 is 11.6 Å². The van der Waals surface area contributed by atoms with E-state index in [0.717, 1.165) is 0 Å². The molecule has 0 amide bonds. The lowest BCUT2D eigenvalue weighted by Gasteiger charge is -2.22. The summed E-state index contributed by atoms with van der Waals surface area (Å²) < 4.78 is 0. The van der Waals surface area contributed by atoms with Crippen LogP contribution < -0.4 is 0 Å². The van der Waals surface area contributed by atoms with Gasteiger partial charge in [0.15, 0.2) is 0 Å². The highest BCUT2D eigenvalue weighted by Gasteiger charge is 2.30. The molecule has 0 fully saturated rings. The summed E-state index contributed by atoms with van der Waals surface area (Å²) in [5, 5.41) is 10.9. The smallest absolute Gasteiger partial charge is 0.146 e. The monoisotopic (exact) mass is 222 g/mol. The molecule has 1 aromatic carbocycles. The van der Waals surface area contributed by atoms with Crippen molar-refractivity contribution in [1.82, 2.24) is 9.97 Å². The van der Waals surface area contributed by atoms with E-state index in [-0.39, 0.29) is 0 Å². The Balaban J connectivity index is 2.51. The number of nitrogens with one attached hydrogen (secondary N) is 1. The molecule has 0 spiro atoms. The number of halogens is 1. The van der Waals surface area contributed by atoms with Gasteiger partial charge in [0.1, 0.15) is 11.4 Å². The fraction of sp³-hybridized carbons (Fsp3) is 0.182. The van der Waals surface area contributed by atoms with Crippen molar-refractivity contribution in [2.24, 2.45) is 0 Å². The molecule has 0 radical (unpaired) electrons. The minimum atomic E-state index is -1.19. The van der Waals surface area contributed by atoms with Crippen molar-refractivity contribution in [3.63, 3.8) is 0 Å². The van der Waals surface area contributed by atoms with E-state index in [1.807, 2.05) is 12.1 Å². The van der Waals surface area contributed by atoms with Crippen LogP contribution in [0.2, 0.25) is 5.02 Å². The van der Waals surface area contributed by atoms with E-state index in [0.29, 0.717) is 16.4 Å². The van der Waals surface area contributed by atoms with Gasteiger partial charge in [-0.05, 0) is 13.0 Å². The molecular formula is C11H11ClN2O. The van der Waals surface area contributed by atoms with Crippen LogP contribution in [0.15, 0.2) is 36.7 Å². The predicted octanol–water partition coefficient (Wildman–Crippen LogP) is 2.32. The van der Waals surface area contributed by atoms with Crippen LogP contribution in [0.4, 0.5) is 0 Å². The first-order valence-electron chi connectivity index (χ1n) is 4.59.